The lowest BCUT2D eigenvalue weighted by atomic mass is 9.75. The van der Waals surface area contributed by atoms with Crippen LogP contribution in [0.25, 0.3) is 0 Å². The normalized spacial score (nSPS) is 21.8. The second kappa shape index (κ2) is 6.10. The maximum atomic E-state index is 10.1. The van der Waals surface area contributed by atoms with E-state index in [4.69, 9.17) is 17.3 Å². The van der Waals surface area contributed by atoms with Gasteiger partial charge in [-0.3, -0.25) is 0 Å². The number of nitrogens with zero attached hydrogens (tertiary/aromatic N) is 3. The highest BCUT2D eigenvalue weighted by Gasteiger charge is 2.37. The molecule has 1 unspecified atom stereocenters. The molecule has 0 saturated carbocycles. The van der Waals surface area contributed by atoms with Gasteiger partial charge in [0.15, 0.2) is 5.82 Å². The number of halogens is 1. The first-order valence-corrected chi connectivity index (χ1v) is 7.71. The summed E-state index contributed by atoms with van der Waals surface area (Å²) in [7, 11) is 0. The van der Waals surface area contributed by atoms with Gasteiger partial charge in [-0.05, 0) is 18.4 Å². The van der Waals surface area contributed by atoms with Gasteiger partial charge in [-0.2, -0.15) is 0 Å². The average molecular weight is 319 g/mol. The Labute approximate surface area is 134 Å². The molecule has 1 saturated heterocycles. The van der Waals surface area contributed by atoms with Gasteiger partial charge in [-0.1, -0.05) is 41.9 Å². The van der Waals surface area contributed by atoms with E-state index < -0.39 is 0 Å². The third-order valence-corrected chi connectivity index (χ3v) is 4.73. The molecule has 1 fully saturated rings. The molecule has 116 valence electrons. The number of nitrogen functional groups attached to an aromatic ring is 1. The molecular weight excluding hydrogens is 300 g/mol. The van der Waals surface area contributed by atoms with Crippen LogP contribution in [0, 0.1) is 0 Å². The van der Waals surface area contributed by atoms with Crippen molar-refractivity contribution in [3.05, 3.63) is 47.2 Å². The molecule has 0 radical (unpaired) electrons. The van der Waals surface area contributed by atoms with Crippen LogP contribution in [0.5, 0.6) is 0 Å². The Morgan fingerprint density at radius 1 is 1.27 bits per heavy atom. The Bertz CT molecular complexity index is 652. The molecule has 3 N–H and O–H groups in total. The number of aromatic nitrogens is 2. The van der Waals surface area contributed by atoms with Crippen molar-refractivity contribution in [2.75, 3.05) is 30.3 Å². The first-order valence-electron chi connectivity index (χ1n) is 7.33. The molecule has 0 amide bonds. The Kier molecular flexibility index (Phi) is 4.18. The molecular formula is C16H19ClN4O. The van der Waals surface area contributed by atoms with E-state index in [1.807, 2.05) is 18.2 Å². The molecule has 1 aromatic carbocycles. The third-order valence-electron chi connectivity index (χ3n) is 4.36. The summed E-state index contributed by atoms with van der Waals surface area (Å²) >= 11 is 6.25. The molecule has 5 nitrogen and oxygen atoms in total. The van der Waals surface area contributed by atoms with E-state index in [9.17, 15) is 5.11 Å². The van der Waals surface area contributed by atoms with E-state index in [0.29, 0.717) is 17.4 Å². The monoisotopic (exact) mass is 318 g/mol. The van der Waals surface area contributed by atoms with Crippen LogP contribution in [0.4, 0.5) is 11.6 Å². The molecule has 22 heavy (non-hydrogen) atoms. The van der Waals surface area contributed by atoms with Gasteiger partial charge in [0.2, 0.25) is 0 Å². The fraction of sp³-hybridized carbons (Fsp3) is 0.375. The van der Waals surface area contributed by atoms with Crippen molar-refractivity contribution in [2.24, 2.45) is 0 Å². The smallest absolute Gasteiger partial charge is 0.153 e. The summed E-state index contributed by atoms with van der Waals surface area (Å²) in [4.78, 5) is 10.3. The number of hydrogen-bond donors (Lipinski definition) is 2. The van der Waals surface area contributed by atoms with Gasteiger partial charge >= 0.3 is 0 Å². The van der Waals surface area contributed by atoms with E-state index in [0.717, 1.165) is 24.9 Å². The molecule has 6 heteroatoms. The van der Waals surface area contributed by atoms with Gasteiger partial charge in [-0.25, -0.2) is 9.97 Å². The number of aliphatic hydroxyl groups is 1. The Hall–Kier alpha value is -1.85. The summed E-state index contributed by atoms with van der Waals surface area (Å²) < 4.78 is 0. The number of aliphatic hydroxyl groups excluding tert-OH is 1. The van der Waals surface area contributed by atoms with Crippen LogP contribution in [0.15, 0.2) is 36.7 Å². The molecule has 1 aromatic heterocycles. The Morgan fingerprint density at radius 3 is 2.77 bits per heavy atom. The van der Waals surface area contributed by atoms with Crippen molar-refractivity contribution < 1.29 is 5.11 Å². The van der Waals surface area contributed by atoms with Gasteiger partial charge < -0.3 is 15.7 Å². The fourth-order valence-corrected chi connectivity index (χ4v) is 3.37. The maximum absolute atomic E-state index is 10.1. The van der Waals surface area contributed by atoms with E-state index in [1.54, 1.807) is 0 Å². The van der Waals surface area contributed by atoms with Crippen LogP contribution in [-0.4, -0.2) is 34.8 Å². The molecule has 1 aliphatic rings. The minimum atomic E-state index is -0.303. The fourth-order valence-electron chi connectivity index (χ4n) is 3.15. The molecule has 0 aliphatic carbocycles. The van der Waals surface area contributed by atoms with Crippen molar-refractivity contribution in [3.63, 3.8) is 0 Å². The Balaban J connectivity index is 1.95. The number of anilines is 2. The number of benzene rings is 1. The number of rotatable bonds is 3. The average Bonchev–Trinajstić information content (AvgIpc) is 2.58. The topological polar surface area (TPSA) is 75.3 Å². The van der Waals surface area contributed by atoms with Crippen molar-refractivity contribution in [2.45, 2.75) is 18.3 Å². The largest absolute Gasteiger partial charge is 0.395 e. The van der Waals surface area contributed by atoms with E-state index in [2.05, 4.69) is 27.0 Å². The summed E-state index contributed by atoms with van der Waals surface area (Å²) in [5.74, 6) is 0.925. The predicted molar refractivity (Wildman–Crippen MR) is 88.1 cm³/mol. The van der Waals surface area contributed by atoms with Crippen LogP contribution >= 0.6 is 11.6 Å². The quantitative estimate of drug-likeness (QED) is 0.907. The first kappa shape index (κ1) is 15.1. The maximum Gasteiger partial charge on any atom is 0.153 e. The second-order valence-corrected chi connectivity index (χ2v) is 6.10. The lowest BCUT2D eigenvalue weighted by molar-refractivity contribution is 0.172. The third kappa shape index (κ3) is 2.62. The van der Waals surface area contributed by atoms with E-state index in [-0.39, 0.29) is 17.8 Å². The van der Waals surface area contributed by atoms with Gasteiger partial charge in [0, 0.05) is 18.5 Å². The molecule has 1 atom stereocenters. The summed E-state index contributed by atoms with van der Waals surface area (Å²) in [5, 5.41) is 10.4. The minimum Gasteiger partial charge on any atom is -0.395 e. The van der Waals surface area contributed by atoms with Gasteiger partial charge in [0.05, 0.1) is 6.61 Å². The predicted octanol–water partition coefficient (Wildman–Crippen LogP) is 2.24. The lowest BCUT2D eigenvalue weighted by Gasteiger charge is -2.43. The zero-order chi connectivity index (χ0) is 15.6. The first-order chi connectivity index (χ1) is 10.7. The molecule has 3 rings (SSSR count). The van der Waals surface area contributed by atoms with Crippen LogP contribution in [0.1, 0.15) is 18.4 Å². The zero-order valence-corrected chi connectivity index (χ0v) is 13.0. The molecule has 2 aromatic rings. The van der Waals surface area contributed by atoms with Crippen molar-refractivity contribution in [3.8, 4) is 0 Å². The number of piperidine rings is 1. The highest BCUT2D eigenvalue weighted by atomic mass is 35.5. The summed E-state index contributed by atoms with van der Waals surface area (Å²) in [6.07, 6.45) is 3.31. The second-order valence-electron chi connectivity index (χ2n) is 5.73. The van der Waals surface area contributed by atoms with Crippen molar-refractivity contribution in [1.29, 1.82) is 0 Å². The summed E-state index contributed by atoms with van der Waals surface area (Å²) in [6.45, 7) is 1.58. The molecule has 2 heterocycles. The van der Waals surface area contributed by atoms with Crippen LogP contribution < -0.4 is 10.6 Å². The van der Waals surface area contributed by atoms with Crippen molar-refractivity contribution >= 4 is 23.2 Å². The molecule has 0 bridgehead atoms. The summed E-state index contributed by atoms with van der Waals surface area (Å²) in [5.41, 5.74) is 6.62. The van der Waals surface area contributed by atoms with Gasteiger partial charge in [-0.15, -0.1) is 0 Å². The summed E-state index contributed by atoms with van der Waals surface area (Å²) in [6, 6.07) is 10.1. The molecule has 0 spiro atoms. The van der Waals surface area contributed by atoms with Crippen molar-refractivity contribution in [1.82, 2.24) is 9.97 Å². The zero-order valence-electron chi connectivity index (χ0n) is 12.2. The van der Waals surface area contributed by atoms with Crippen LogP contribution in [0.2, 0.25) is 5.02 Å². The molecule has 1 aliphatic heterocycles. The van der Waals surface area contributed by atoms with E-state index >= 15 is 0 Å². The van der Waals surface area contributed by atoms with Gasteiger partial charge in [0.25, 0.3) is 0 Å². The number of nitrogens with two attached hydrogens (primary N) is 1. The van der Waals surface area contributed by atoms with Gasteiger partial charge in [0.1, 0.15) is 17.2 Å². The van der Waals surface area contributed by atoms with Crippen LogP contribution in [-0.2, 0) is 5.41 Å². The number of hydrogen-bond acceptors (Lipinski definition) is 5. The highest BCUT2D eigenvalue weighted by Crippen LogP contribution is 2.37. The Morgan fingerprint density at radius 2 is 2.05 bits per heavy atom. The van der Waals surface area contributed by atoms with E-state index in [1.165, 1.54) is 6.33 Å². The lowest BCUT2D eigenvalue weighted by Crippen LogP contribution is -2.48. The minimum absolute atomic E-state index is 0.0890. The van der Waals surface area contributed by atoms with Crippen LogP contribution in [0.3, 0.4) is 0 Å². The SMILES string of the molecule is Nc1ncnc(N2CCCC(CO)(c3ccccc3)C2)c1Cl. The standard InChI is InChI=1S/C16H19ClN4O/c17-13-14(18)19-11-20-15(13)21-8-4-7-16(9-21,10-22)12-5-2-1-3-6-12/h1-3,5-6,11,22H,4,7-10H2,(H2,18,19,20). The highest BCUT2D eigenvalue weighted by molar-refractivity contribution is 6.35.